The van der Waals surface area contributed by atoms with Crippen LogP contribution in [-0.2, 0) is 17.0 Å². The van der Waals surface area contributed by atoms with Gasteiger partial charge < -0.3 is 9.63 Å². The number of aryl methyl sites for hydroxylation is 1. The molecule has 0 aliphatic rings. The van der Waals surface area contributed by atoms with Crippen molar-refractivity contribution in [2.24, 2.45) is 0 Å². The van der Waals surface area contributed by atoms with Crippen LogP contribution in [0.3, 0.4) is 0 Å². The molecule has 0 unspecified atom stereocenters. The molecule has 2 aromatic rings. The van der Waals surface area contributed by atoms with Crippen LogP contribution < -0.4 is 0 Å². The Balaban J connectivity index is 1.84. The van der Waals surface area contributed by atoms with Gasteiger partial charge >= 0.3 is 5.97 Å². The average Bonchev–Trinajstić information content (AvgIpc) is 2.85. The zero-order valence-corrected chi connectivity index (χ0v) is 11.4. The fraction of sp³-hybridized carbons (Fsp3) is 0.308. The van der Waals surface area contributed by atoms with E-state index in [9.17, 15) is 9.18 Å². The summed E-state index contributed by atoms with van der Waals surface area (Å²) in [6.45, 7) is 0. The summed E-state index contributed by atoms with van der Waals surface area (Å²) in [6, 6.07) is 6.48. The number of benzene rings is 1. The van der Waals surface area contributed by atoms with Crippen molar-refractivity contribution in [1.82, 2.24) is 10.1 Å². The maximum Gasteiger partial charge on any atom is 0.303 e. The van der Waals surface area contributed by atoms with E-state index < -0.39 is 5.97 Å². The predicted molar refractivity (Wildman–Crippen MR) is 70.8 cm³/mol. The number of carboxylic acids is 1. The Morgan fingerprint density at radius 2 is 2.20 bits per heavy atom. The minimum absolute atomic E-state index is 0.0711. The standard InChI is InChI=1S/C13H13FN2O3S/c14-9-4-1-2-5-10(9)20-8-11-15-12(19-16-11)6-3-7-13(17)18/h1-2,4-5H,3,6-8H2,(H,17,18). The summed E-state index contributed by atoms with van der Waals surface area (Å²) < 4.78 is 18.4. The van der Waals surface area contributed by atoms with E-state index in [2.05, 4.69) is 10.1 Å². The van der Waals surface area contributed by atoms with Crippen LogP contribution >= 0.6 is 11.8 Å². The van der Waals surface area contributed by atoms with Gasteiger partial charge in [-0.05, 0) is 18.6 Å². The van der Waals surface area contributed by atoms with Crippen LogP contribution in [0.5, 0.6) is 0 Å². The van der Waals surface area contributed by atoms with Gasteiger partial charge in [0.1, 0.15) is 5.82 Å². The topological polar surface area (TPSA) is 76.2 Å². The van der Waals surface area contributed by atoms with E-state index in [0.29, 0.717) is 35.2 Å². The molecular formula is C13H13FN2O3S. The maximum absolute atomic E-state index is 13.4. The fourth-order valence-corrected chi connectivity index (χ4v) is 2.33. The van der Waals surface area contributed by atoms with Gasteiger partial charge in [-0.15, -0.1) is 11.8 Å². The van der Waals surface area contributed by atoms with Crippen molar-refractivity contribution in [2.75, 3.05) is 0 Å². The molecule has 1 aromatic heterocycles. The van der Waals surface area contributed by atoms with Crippen LogP contribution in [-0.4, -0.2) is 21.2 Å². The molecule has 0 saturated heterocycles. The molecule has 2 rings (SSSR count). The van der Waals surface area contributed by atoms with Crippen molar-refractivity contribution >= 4 is 17.7 Å². The second-order valence-corrected chi connectivity index (χ2v) is 5.09. The Morgan fingerprint density at radius 1 is 1.40 bits per heavy atom. The number of thioether (sulfide) groups is 1. The quantitative estimate of drug-likeness (QED) is 0.792. The molecule has 106 valence electrons. The molecule has 0 atom stereocenters. The summed E-state index contributed by atoms with van der Waals surface area (Å²) in [6.07, 6.45) is 0.961. The molecule has 0 amide bonds. The van der Waals surface area contributed by atoms with Crippen LogP contribution in [0.4, 0.5) is 4.39 Å². The lowest BCUT2D eigenvalue weighted by Crippen LogP contribution is -1.96. The molecule has 0 saturated carbocycles. The van der Waals surface area contributed by atoms with Gasteiger partial charge in [-0.1, -0.05) is 17.3 Å². The summed E-state index contributed by atoms with van der Waals surface area (Å²) in [5, 5.41) is 12.3. The van der Waals surface area contributed by atoms with Gasteiger partial charge in [-0.3, -0.25) is 4.79 Å². The molecule has 0 radical (unpaired) electrons. The number of carboxylic acid groups (broad SMARTS) is 1. The molecule has 0 fully saturated rings. The minimum atomic E-state index is -0.847. The molecule has 1 aromatic carbocycles. The zero-order valence-electron chi connectivity index (χ0n) is 10.6. The second kappa shape index (κ2) is 7.04. The normalized spacial score (nSPS) is 10.7. The molecule has 7 heteroatoms. The number of nitrogens with zero attached hydrogens (tertiary/aromatic N) is 2. The monoisotopic (exact) mass is 296 g/mol. The van der Waals surface area contributed by atoms with Gasteiger partial charge in [-0.25, -0.2) is 4.39 Å². The summed E-state index contributed by atoms with van der Waals surface area (Å²) in [5.41, 5.74) is 0. The Kier molecular flexibility index (Phi) is 5.11. The first kappa shape index (κ1) is 14.5. The molecule has 0 bridgehead atoms. The van der Waals surface area contributed by atoms with Crippen molar-refractivity contribution in [1.29, 1.82) is 0 Å². The van der Waals surface area contributed by atoms with E-state index in [1.54, 1.807) is 18.2 Å². The second-order valence-electron chi connectivity index (χ2n) is 4.07. The van der Waals surface area contributed by atoms with E-state index in [0.717, 1.165) is 0 Å². The van der Waals surface area contributed by atoms with E-state index in [1.807, 2.05) is 0 Å². The van der Waals surface area contributed by atoms with Crippen molar-refractivity contribution in [3.8, 4) is 0 Å². The average molecular weight is 296 g/mol. The first-order chi connectivity index (χ1) is 9.65. The van der Waals surface area contributed by atoms with Gasteiger partial charge in [0.2, 0.25) is 5.89 Å². The van der Waals surface area contributed by atoms with Crippen molar-refractivity contribution < 1.29 is 18.8 Å². The maximum atomic E-state index is 13.4. The lowest BCUT2D eigenvalue weighted by Gasteiger charge is -1.99. The number of carbonyl (C=O) groups is 1. The van der Waals surface area contributed by atoms with E-state index in [4.69, 9.17) is 9.63 Å². The molecule has 20 heavy (non-hydrogen) atoms. The number of hydrogen-bond acceptors (Lipinski definition) is 5. The van der Waals surface area contributed by atoms with E-state index >= 15 is 0 Å². The number of aromatic nitrogens is 2. The van der Waals surface area contributed by atoms with Crippen LogP contribution in [0.15, 0.2) is 33.7 Å². The Morgan fingerprint density at radius 3 is 2.95 bits per heavy atom. The summed E-state index contributed by atoms with van der Waals surface area (Å²) >= 11 is 1.29. The third-order valence-corrected chi connectivity index (χ3v) is 3.53. The number of aliphatic carboxylic acids is 1. The van der Waals surface area contributed by atoms with Gasteiger partial charge in [0.05, 0.1) is 5.75 Å². The van der Waals surface area contributed by atoms with Gasteiger partial charge in [0, 0.05) is 17.7 Å². The highest BCUT2D eigenvalue weighted by Crippen LogP contribution is 2.24. The number of hydrogen-bond donors (Lipinski definition) is 1. The lowest BCUT2D eigenvalue weighted by molar-refractivity contribution is -0.137. The fourth-order valence-electron chi connectivity index (χ4n) is 1.55. The van der Waals surface area contributed by atoms with Crippen molar-refractivity contribution in [2.45, 2.75) is 29.9 Å². The highest BCUT2D eigenvalue weighted by atomic mass is 32.2. The van der Waals surface area contributed by atoms with E-state index in [1.165, 1.54) is 17.8 Å². The first-order valence-electron chi connectivity index (χ1n) is 6.06. The zero-order chi connectivity index (χ0) is 14.4. The van der Waals surface area contributed by atoms with Gasteiger partial charge in [-0.2, -0.15) is 4.98 Å². The molecule has 0 aliphatic carbocycles. The Labute approximate surface area is 119 Å². The number of rotatable bonds is 7. The van der Waals surface area contributed by atoms with Crippen LogP contribution in [0.2, 0.25) is 0 Å². The van der Waals surface area contributed by atoms with Crippen LogP contribution in [0.25, 0.3) is 0 Å². The highest BCUT2D eigenvalue weighted by Gasteiger charge is 2.09. The smallest absolute Gasteiger partial charge is 0.303 e. The first-order valence-corrected chi connectivity index (χ1v) is 7.04. The molecule has 1 heterocycles. The van der Waals surface area contributed by atoms with Crippen LogP contribution in [0, 0.1) is 5.82 Å². The largest absolute Gasteiger partial charge is 0.481 e. The third kappa shape index (κ3) is 4.34. The molecule has 5 nitrogen and oxygen atoms in total. The highest BCUT2D eigenvalue weighted by molar-refractivity contribution is 7.98. The number of halogens is 1. The molecule has 1 N–H and O–H groups in total. The molecular weight excluding hydrogens is 283 g/mol. The minimum Gasteiger partial charge on any atom is -0.481 e. The van der Waals surface area contributed by atoms with Gasteiger partial charge in [0.15, 0.2) is 5.82 Å². The Hall–Kier alpha value is -1.89. The SMILES string of the molecule is O=C(O)CCCc1nc(CSc2ccccc2F)no1. The predicted octanol–water partition coefficient (Wildman–Crippen LogP) is 2.91. The summed E-state index contributed by atoms with van der Waals surface area (Å²) in [4.78, 5) is 15.1. The molecule has 0 aliphatic heterocycles. The van der Waals surface area contributed by atoms with Crippen molar-refractivity contribution in [3.05, 3.63) is 41.8 Å². The molecule has 0 spiro atoms. The van der Waals surface area contributed by atoms with Crippen LogP contribution in [0.1, 0.15) is 24.6 Å². The van der Waals surface area contributed by atoms with Gasteiger partial charge in [0.25, 0.3) is 0 Å². The van der Waals surface area contributed by atoms with E-state index in [-0.39, 0.29) is 12.2 Å². The lowest BCUT2D eigenvalue weighted by atomic mass is 10.2. The van der Waals surface area contributed by atoms with Crippen molar-refractivity contribution in [3.63, 3.8) is 0 Å². The third-order valence-electron chi connectivity index (χ3n) is 2.48. The summed E-state index contributed by atoms with van der Waals surface area (Å²) in [7, 11) is 0. The Bertz CT molecular complexity index is 589. The summed E-state index contributed by atoms with van der Waals surface area (Å²) in [5.74, 6) is 0.171.